The van der Waals surface area contributed by atoms with Gasteiger partial charge in [-0.05, 0) is 18.8 Å². The molecule has 0 aromatic carbocycles. The summed E-state index contributed by atoms with van der Waals surface area (Å²) in [6.07, 6.45) is 4.66. The van der Waals surface area contributed by atoms with E-state index >= 15 is 0 Å². The molecule has 1 saturated carbocycles. The molecule has 26 heavy (non-hydrogen) atoms. The summed E-state index contributed by atoms with van der Waals surface area (Å²) in [5.74, 6) is 0.868. The standard InChI is InChI=1S/C19H32N4O3/c1-15(24)20-7-11-22(12-8-20)18(17-5-3-4-6-17)19(26)23-13-9-21(10-14-23)16(2)25/h17-18H,3-14H2,1-2H3. The largest absolute Gasteiger partial charge is 0.340 e. The second kappa shape index (κ2) is 8.37. The van der Waals surface area contributed by atoms with E-state index in [0.717, 1.165) is 25.9 Å². The average molecular weight is 364 g/mol. The summed E-state index contributed by atoms with van der Waals surface area (Å²) >= 11 is 0. The van der Waals surface area contributed by atoms with Crippen LogP contribution in [-0.4, -0.2) is 95.7 Å². The molecule has 7 heteroatoms. The van der Waals surface area contributed by atoms with Crippen molar-refractivity contribution in [1.29, 1.82) is 0 Å². The lowest BCUT2D eigenvalue weighted by molar-refractivity contribution is -0.145. The van der Waals surface area contributed by atoms with E-state index in [0.29, 0.717) is 45.2 Å². The van der Waals surface area contributed by atoms with Crippen molar-refractivity contribution in [1.82, 2.24) is 19.6 Å². The van der Waals surface area contributed by atoms with E-state index in [-0.39, 0.29) is 23.8 Å². The van der Waals surface area contributed by atoms with E-state index in [2.05, 4.69) is 4.90 Å². The van der Waals surface area contributed by atoms with Crippen LogP contribution in [0.2, 0.25) is 0 Å². The second-order valence-electron chi connectivity index (χ2n) is 7.86. The predicted molar refractivity (Wildman–Crippen MR) is 98.4 cm³/mol. The Morgan fingerprint density at radius 1 is 0.692 bits per heavy atom. The van der Waals surface area contributed by atoms with Crippen molar-refractivity contribution in [2.24, 2.45) is 5.92 Å². The van der Waals surface area contributed by atoms with Crippen molar-refractivity contribution >= 4 is 17.7 Å². The summed E-state index contributed by atoms with van der Waals surface area (Å²) in [6.45, 7) is 8.72. The summed E-state index contributed by atoms with van der Waals surface area (Å²) in [4.78, 5) is 44.5. The van der Waals surface area contributed by atoms with Gasteiger partial charge in [-0.25, -0.2) is 0 Å². The van der Waals surface area contributed by atoms with Crippen LogP contribution in [-0.2, 0) is 14.4 Å². The molecule has 1 atom stereocenters. The minimum atomic E-state index is -0.0597. The maximum absolute atomic E-state index is 13.4. The van der Waals surface area contributed by atoms with Gasteiger partial charge in [-0.2, -0.15) is 0 Å². The van der Waals surface area contributed by atoms with Gasteiger partial charge in [0.1, 0.15) is 0 Å². The van der Waals surface area contributed by atoms with Crippen LogP contribution in [0, 0.1) is 5.92 Å². The van der Waals surface area contributed by atoms with Gasteiger partial charge in [0.05, 0.1) is 6.04 Å². The zero-order valence-electron chi connectivity index (χ0n) is 16.2. The van der Waals surface area contributed by atoms with Crippen LogP contribution in [0.1, 0.15) is 39.5 Å². The number of amides is 3. The minimum absolute atomic E-state index is 0.0597. The van der Waals surface area contributed by atoms with E-state index in [1.165, 1.54) is 12.8 Å². The lowest BCUT2D eigenvalue weighted by Crippen LogP contribution is -2.60. The van der Waals surface area contributed by atoms with Crippen molar-refractivity contribution in [2.45, 2.75) is 45.6 Å². The van der Waals surface area contributed by atoms with Crippen LogP contribution >= 0.6 is 0 Å². The molecule has 3 rings (SSSR count). The number of hydrogen-bond donors (Lipinski definition) is 0. The molecule has 3 aliphatic rings. The van der Waals surface area contributed by atoms with Crippen LogP contribution < -0.4 is 0 Å². The second-order valence-corrected chi connectivity index (χ2v) is 7.86. The Balaban J connectivity index is 1.66. The Morgan fingerprint density at radius 2 is 1.12 bits per heavy atom. The molecule has 7 nitrogen and oxygen atoms in total. The Hall–Kier alpha value is -1.63. The zero-order valence-corrected chi connectivity index (χ0v) is 16.2. The maximum atomic E-state index is 13.4. The first kappa shape index (κ1) is 19.1. The molecule has 0 aromatic heterocycles. The summed E-state index contributed by atoms with van der Waals surface area (Å²) in [5, 5.41) is 0. The number of carbonyl (C=O) groups excluding carboxylic acids is 3. The third-order valence-corrected chi connectivity index (χ3v) is 6.29. The van der Waals surface area contributed by atoms with Gasteiger partial charge in [0.15, 0.2) is 0 Å². The molecular weight excluding hydrogens is 332 g/mol. The van der Waals surface area contributed by atoms with E-state index in [4.69, 9.17) is 0 Å². The molecular formula is C19H32N4O3. The summed E-state index contributed by atoms with van der Waals surface area (Å²) in [5.41, 5.74) is 0. The lowest BCUT2D eigenvalue weighted by atomic mass is 9.94. The highest BCUT2D eigenvalue weighted by molar-refractivity contribution is 5.83. The molecule has 146 valence electrons. The first-order valence-corrected chi connectivity index (χ1v) is 10.0. The van der Waals surface area contributed by atoms with Crippen LogP contribution in [0.15, 0.2) is 0 Å². The van der Waals surface area contributed by atoms with Crippen LogP contribution in [0.25, 0.3) is 0 Å². The molecule has 0 N–H and O–H groups in total. The van der Waals surface area contributed by atoms with Gasteiger partial charge < -0.3 is 14.7 Å². The Bertz CT molecular complexity index is 531. The van der Waals surface area contributed by atoms with Crippen molar-refractivity contribution in [3.63, 3.8) is 0 Å². The van der Waals surface area contributed by atoms with E-state index < -0.39 is 0 Å². The average Bonchev–Trinajstić information content (AvgIpc) is 3.16. The fourth-order valence-corrected chi connectivity index (χ4v) is 4.67. The van der Waals surface area contributed by atoms with E-state index in [1.807, 2.05) is 14.7 Å². The smallest absolute Gasteiger partial charge is 0.240 e. The zero-order chi connectivity index (χ0) is 18.7. The maximum Gasteiger partial charge on any atom is 0.240 e. The molecule has 1 unspecified atom stereocenters. The molecule has 2 aliphatic heterocycles. The normalized spacial score (nSPS) is 24.0. The van der Waals surface area contributed by atoms with Crippen LogP contribution in [0.3, 0.4) is 0 Å². The number of hydrogen-bond acceptors (Lipinski definition) is 4. The topological polar surface area (TPSA) is 64.2 Å². The highest BCUT2D eigenvalue weighted by atomic mass is 16.2. The lowest BCUT2D eigenvalue weighted by Gasteiger charge is -2.43. The predicted octanol–water partition coefficient (Wildman–Crippen LogP) is 0.400. The molecule has 2 saturated heterocycles. The first-order valence-electron chi connectivity index (χ1n) is 10.0. The highest BCUT2D eigenvalue weighted by Crippen LogP contribution is 2.32. The SMILES string of the molecule is CC(=O)N1CCN(C(=O)C(C2CCCC2)N2CCN(C(C)=O)CC2)CC1. The summed E-state index contributed by atoms with van der Waals surface area (Å²) in [7, 11) is 0. The van der Waals surface area contributed by atoms with Gasteiger partial charge in [0, 0.05) is 66.2 Å². The number of nitrogens with zero attached hydrogens (tertiary/aromatic N) is 4. The van der Waals surface area contributed by atoms with Gasteiger partial charge in [-0.3, -0.25) is 19.3 Å². The third-order valence-electron chi connectivity index (χ3n) is 6.29. The molecule has 0 bridgehead atoms. The van der Waals surface area contributed by atoms with Gasteiger partial charge in [-0.1, -0.05) is 12.8 Å². The van der Waals surface area contributed by atoms with Crippen molar-refractivity contribution < 1.29 is 14.4 Å². The molecule has 3 amide bonds. The van der Waals surface area contributed by atoms with Crippen molar-refractivity contribution in [2.75, 3.05) is 52.4 Å². The summed E-state index contributed by atoms with van der Waals surface area (Å²) < 4.78 is 0. The van der Waals surface area contributed by atoms with Crippen LogP contribution in [0.5, 0.6) is 0 Å². The van der Waals surface area contributed by atoms with E-state index in [9.17, 15) is 14.4 Å². The van der Waals surface area contributed by atoms with Crippen molar-refractivity contribution in [3.8, 4) is 0 Å². The van der Waals surface area contributed by atoms with Gasteiger partial charge in [0.2, 0.25) is 17.7 Å². The fourth-order valence-electron chi connectivity index (χ4n) is 4.67. The van der Waals surface area contributed by atoms with Gasteiger partial charge >= 0.3 is 0 Å². The van der Waals surface area contributed by atoms with Gasteiger partial charge in [0.25, 0.3) is 0 Å². The molecule has 0 radical (unpaired) electrons. The monoisotopic (exact) mass is 364 g/mol. The van der Waals surface area contributed by atoms with Gasteiger partial charge in [-0.15, -0.1) is 0 Å². The Kier molecular flexibility index (Phi) is 6.16. The van der Waals surface area contributed by atoms with Crippen LogP contribution in [0.4, 0.5) is 0 Å². The molecule has 0 spiro atoms. The first-order chi connectivity index (χ1) is 12.5. The molecule has 3 fully saturated rings. The fraction of sp³-hybridized carbons (Fsp3) is 0.842. The third kappa shape index (κ3) is 4.19. The molecule has 1 aliphatic carbocycles. The number of piperazine rings is 2. The minimum Gasteiger partial charge on any atom is -0.340 e. The molecule has 0 aromatic rings. The number of carbonyl (C=O) groups is 3. The quantitative estimate of drug-likeness (QED) is 0.727. The molecule has 2 heterocycles. The number of rotatable bonds is 3. The van der Waals surface area contributed by atoms with Crippen molar-refractivity contribution in [3.05, 3.63) is 0 Å². The Morgan fingerprint density at radius 3 is 1.58 bits per heavy atom. The highest BCUT2D eigenvalue weighted by Gasteiger charge is 2.39. The Labute approximate surface area is 156 Å². The van der Waals surface area contributed by atoms with E-state index in [1.54, 1.807) is 13.8 Å². The summed E-state index contributed by atoms with van der Waals surface area (Å²) in [6, 6.07) is -0.0597.